The van der Waals surface area contributed by atoms with Crippen molar-refractivity contribution in [1.82, 2.24) is 9.88 Å². The van der Waals surface area contributed by atoms with Gasteiger partial charge in [-0.05, 0) is 47.8 Å². The van der Waals surface area contributed by atoms with Gasteiger partial charge >= 0.3 is 5.97 Å². The van der Waals surface area contributed by atoms with E-state index in [4.69, 9.17) is 4.74 Å². The summed E-state index contributed by atoms with van der Waals surface area (Å²) in [6.45, 7) is 7.93. The standard InChI is InChI=1S/C15H27N3O2S/c1-7-20-13(19)15(2,3)12-11-21-14(16-12)18(6)10-8-9-17(4)5/h11H,7-10H2,1-6H3. The Hall–Kier alpha value is -1.14. The first kappa shape index (κ1) is 17.9. The van der Waals surface area contributed by atoms with E-state index in [0.717, 1.165) is 30.3 Å². The van der Waals surface area contributed by atoms with Crippen molar-refractivity contribution in [3.05, 3.63) is 11.1 Å². The normalized spacial score (nSPS) is 11.8. The van der Waals surface area contributed by atoms with Crippen molar-refractivity contribution in [2.45, 2.75) is 32.6 Å². The summed E-state index contributed by atoms with van der Waals surface area (Å²) in [4.78, 5) is 20.9. The van der Waals surface area contributed by atoms with E-state index in [9.17, 15) is 4.79 Å². The van der Waals surface area contributed by atoms with Crippen molar-refractivity contribution < 1.29 is 9.53 Å². The van der Waals surface area contributed by atoms with Crippen LogP contribution >= 0.6 is 11.3 Å². The quantitative estimate of drug-likeness (QED) is 0.690. The van der Waals surface area contributed by atoms with E-state index in [0.29, 0.717) is 6.61 Å². The molecule has 1 aromatic heterocycles. The number of ether oxygens (including phenoxy) is 1. The number of aromatic nitrogens is 1. The Kier molecular flexibility index (Phi) is 6.61. The molecule has 0 aliphatic carbocycles. The molecular formula is C15H27N3O2S. The highest BCUT2D eigenvalue weighted by molar-refractivity contribution is 7.13. The number of thiazole rings is 1. The summed E-state index contributed by atoms with van der Waals surface area (Å²) >= 11 is 1.57. The molecule has 0 aromatic carbocycles. The van der Waals surface area contributed by atoms with Crippen molar-refractivity contribution in [1.29, 1.82) is 0 Å². The lowest BCUT2D eigenvalue weighted by Crippen LogP contribution is -2.31. The van der Waals surface area contributed by atoms with Gasteiger partial charge in [0.15, 0.2) is 5.13 Å². The van der Waals surface area contributed by atoms with Gasteiger partial charge in [-0.2, -0.15) is 0 Å². The molecule has 0 N–H and O–H groups in total. The molecule has 0 atom stereocenters. The van der Waals surface area contributed by atoms with Crippen LogP contribution in [0.4, 0.5) is 5.13 Å². The minimum Gasteiger partial charge on any atom is -0.465 e. The summed E-state index contributed by atoms with van der Waals surface area (Å²) in [7, 11) is 6.18. The molecule has 5 nitrogen and oxygen atoms in total. The summed E-state index contributed by atoms with van der Waals surface area (Å²) in [6.07, 6.45) is 1.08. The van der Waals surface area contributed by atoms with Gasteiger partial charge in [0.05, 0.1) is 12.3 Å². The summed E-state index contributed by atoms with van der Waals surface area (Å²) in [5.41, 5.74) is 0.0790. The molecule has 0 saturated carbocycles. The van der Waals surface area contributed by atoms with Gasteiger partial charge in [0.2, 0.25) is 0 Å². The number of carbonyl (C=O) groups is 1. The summed E-state index contributed by atoms with van der Waals surface area (Å²) < 4.78 is 5.13. The molecule has 0 aliphatic heterocycles. The minimum absolute atomic E-state index is 0.225. The molecule has 0 unspecified atom stereocenters. The van der Waals surface area contributed by atoms with Crippen LogP contribution in [-0.2, 0) is 14.9 Å². The first-order valence-corrected chi connectivity index (χ1v) is 8.16. The maximum Gasteiger partial charge on any atom is 0.317 e. The Labute approximate surface area is 131 Å². The van der Waals surface area contributed by atoms with Crippen LogP contribution in [0.25, 0.3) is 0 Å². The van der Waals surface area contributed by atoms with Crippen LogP contribution in [-0.4, -0.2) is 56.7 Å². The SMILES string of the molecule is CCOC(=O)C(C)(C)c1csc(N(C)CCCN(C)C)n1. The van der Waals surface area contributed by atoms with Gasteiger partial charge in [0.1, 0.15) is 5.41 Å². The average molecular weight is 313 g/mol. The summed E-state index contributed by atoms with van der Waals surface area (Å²) in [5, 5.41) is 2.90. The molecule has 0 radical (unpaired) electrons. The van der Waals surface area contributed by atoms with Crippen molar-refractivity contribution in [2.75, 3.05) is 45.7 Å². The van der Waals surface area contributed by atoms with Crippen LogP contribution in [0.1, 0.15) is 32.9 Å². The monoisotopic (exact) mass is 313 g/mol. The van der Waals surface area contributed by atoms with E-state index >= 15 is 0 Å². The number of anilines is 1. The van der Waals surface area contributed by atoms with Crippen LogP contribution in [0.2, 0.25) is 0 Å². The molecule has 0 spiro atoms. The van der Waals surface area contributed by atoms with Crippen LogP contribution in [0.3, 0.4) is 0 Å². The zero-order valence-electron chi connectivity index (χ0n) is 14.0. The molecule has 1 heterocycles. The lowest BCUT2D eigenvalue weighted by Gasteiger charge is -2.20. The molecule has 6 heteroatoms. The fraction of sp³-hybridized carbons (Fsp3) is 0.733. The molecular weight excluding hydrogens is 286 g/mol. The maximum atomic E-state index is 12.0. The van der Waals surface area contributed by atoms with Crippen molar-refractivity contribution in [3.63, 3.8) is 0 Å². The Morgan fingerprint density at radius 2 is 2.00 bits per heavy atom. The zero-order valence-corrected chi connectivity index (χ0v) is 14.8. The van der Waals surface area contributed by atoms with Gasteiger partial charge in [-0.1, -0.05) is 0 Å². The Bertz CT molecular complexity index is 458. The van der Waals surface area contributed by atoms with Crippen LogP contribution < -0.4 is 4.90 Å². The van der Waals surface area contributed by atoms with E-state index in [1.165, 1.54) is 0 Å². The molecule has 0 aliphatic rings. The highest BCUT2D eigenvalue weighted by atomic mass is 32.1. The topological polar surface area (TPSA) is 45.7 Å². The molecule has 1 aromatic rings. The maximum absolute atomic E-state index is 12.0. The van der Waals surface area contributed by atoms with E-state index in [1.807, 2.05) is 33.2 Å². The van der Waals surface area contributed by atoms with Gasteiger partial charge < -0.3 is 14.5 Å². The smallest absolute Gasteiger partial charge is 0.317 e. The van der Waals surface area contributed by atoms with Crippen LogP contribution in [0.15, 0.2) is 5.38 Å². The Morgan fingerprint density at radius 1 is 1.33 bits per heavy atom. The van der Waals surface area contributed by atoms with Crippen molar-refractivity contribution in [2.24, 2.45) is 0 Å². The van der Waals surface area contributed by atoms with Gasteiger partial charge in [-0.15, -0.1) is 11.3 Å². The lowest BCUT2D eigenvalue weighted by molar-refractivity contribution is -0.148. The van der Waals surface area contributed by atoms with Crippen molar-refractivity contribution in [3.8, 4) is 0 Å². The average Bonchev–Trinajstić information content (AvgIpc) is 2.88. The third kappa shape index (κ3) is 4.97. The number of hydrogen-bond acceptors (Lipinski definition) is 6. The predicted octanol–water partition coefficient (Wildman–Crippen LogP) is 2.37. The molecule has 120 valence electrons. The highest BCUT2D eigenvalue weighted by Crippen LogP contribution is 2.29. The van der Waals surface area contributed by atoms with Crippen LogP contribution in [0.5, 0.6) is 0 Å². The molecule has 0 bridgehead atoms. The third-order valence-electron chi connectivity index (χ3n) is 3.34. The lowest BCUT2D eigenvalue weighted by atomic mass is 9.90. The summed E-state index contributed by atoms with van der Waals surface area (Å²) in [6, 6.07) is 0. The number of nitrogens with zero attached hydrogens (tertiary/aromatic N) is 3. The number of carbonyl (C=O) groups excluding carboxylic acids is 1. The van der Waals surface area contributed by atoms with Gasteiger partial charge in [0, 0.05) is 19.0 Å². The minimum atomic E-state index is -0.699. The third-order valence-corrected chi connectivity index (χ3v) is 4.30. The second kappa shape index (κ2) is 7.75. The highest BCUT2D eigenvalue weighted by Gasteiger charge is 2.34. The summed E-state index contributed by atoms with van der Waals surface area (Å²) in [5.74, 6) is -0.225. The number of hydrogen-bond donors (Lipinski definition) is 0. The first-order valence-electron chi connectivity index (χ1n) is 7.28. The number of rotatable bonds is 8. The van der Waals surface area contributed by atoms with Gasteiger partial charge in [0.25, 0.3) is 0 Å². The fourth-order valence-corrected chi connectivity index (χ4v) is 2.85. The largest absolute Gasteiger partial charge is 0.465 e. The van der Waals surface area contributed by atoms with E-state index < -0.39 is 5.41 Å². The van der Waals surface area contributed by atoms with E-state index in [1.54, 1.807) is 11.3 Å². The van der Waals surface area contributed by atoms with Gasteiger partial charge in [-0.25, -0.2) is 4.98 Å². The zero-order chi connectivity index (χ0) is 16.0. The fourth-order valence-electron chi connectivity index (χ4n) is 1.86. The van der Waals surface area contributed by atoms with Crippen LogP contribution in [0, 0.1) is 0 Å². The Balaban J connectivity index is 2.69. The number of esters is 1. The predicted molar refractivity (Wildman–Crippen MR) is 88.2 cm³/mol. The molecule has 0 amide bonds. The van der Waals surface area contributed by atoms with Crippen molar-refractivity contribution >= 4 is 22.4 Å². The molecule has 0 fully saturated rings. The first-order chi connectivity index (χ1) is 9.78. The Morgan fingerprint density at radius 3 is 2.57 bits per heavy atom. The second-order valence-corrected chi connectivity index (χ2v) is 6.78. The van der Waals surface area contributed by atoms with E-state index in [-0.39, 0.29) is 5.97 Å². The van der Waals surface area contributed by atoms with Gasteiger partial charge in [-0.3, -0.25) is 4.79 Å². The molecule has 21 heavy (non-hydrogen) atoms. The molecule has 0 saturated heterocycles. The molecule has 1 rings (SSSR count). The second-order valence-electron chi connectivity index (χ2n) is 5.94. The van der Waals surface area contributed by atoms with E-state index in [2.05, 4.69) is 28.9 Å².